The Kier molecular flexibility index (Phi) is 3.47. The molecule has 2 rings (SSSR count). The quantitative estimate of drug-likeness (QED) is 0.803. The van der Waals surface area contributed by atoms with E-state index in [9.17, 15) is 0 Å². The van der Waals surface area contributed by atoms with Crippen molar-refractivity contribution in [1.82, 2.24) is 5.32 Å². The summed E-state index contributed by atoms with van der Waals surface area (Å²) in [7, 11) is 0. The lowest BCUT2D eigenvalue weighted by Gasteiger charge is -2.11. The van der Waals surface area contributed by atoms with Gasteiger partial charge in [-0.05, 0) is 44.7 Å². The third-order valence-corrected chi connectivity index (χ3v) is 4.38. The Labute approximate surface area is 96.9 Å². The summed E-state index contributed by atoms with van der Waals surface area (Å²) in [4.78, 5) is 2.94. The third-order valence-electron chi connectivity index (χ3n) is 3.23. The largest absolute Gasteiger partial charge is 0.309 e. The molecule has 1 N–H and O–H groups in total. The van der Waals surface area contributed by atoms with Crippen molar-refractivity contribution in [3.63, 3.8) is 0 Å². The molecule has 1 aromatic heterocycles. The summed E-state index contributed by atoms with van der Waals surface area (Å²) in [6.07, 6.45) is 4.29. The standard InChI is InChI=1S/C13H21NS/c1-9-6-13(15-11(9)3)8-14-10(2)7-12-4-5-12/h6,10,12,14H,4-5,7-8H2,1-3H3. The molecule has 0 saturated heterocycles. The molecule has 1 heterocycles. The van der Waals surface area contributed by atoms with Gasteiger partial charge in [0, 0.05) is 22.3 Å². The minimum Gasteiger partial charge on any atom is -0.309 e. The first-order chi connectivity index (χ1) is 7.15. The summed E-state index contributed by atoms with van der Waals surface area (Å²) in [5.74, 6) is 1.03. The summed E-state index contributed by atoms with van der Waals surface area (Å²) in [6.45, 7) is 7.76. The Morgan fingerprint density at radius 3 is 2.73 bits per heavy atom. The SMILES string of the molecule is Cc1cc(CNC(C)CC2CC2)sc1C. The van der Waals surface area contributed by atoms with Crippen LogP contribution in [0.25, 0.3) is 0 Å². The molecule has 1 aliphatic rings. The Hall–Kier alpha value is -0.340. The van der Waals surface area contributed by atoms with Crippen LogP contribution in [0.4, 0.5) is 0 Å². The maximum absolute atomic E-state index is 3.62. The Morgan fingerprint density at radius 2 is 2.20 bits per heavy atom. The van der Waals surface area contributed by atoms with E-state index in [1.54, 1.807) is 0 Å². The number of hydrogen-bond acceptors (Lipinski definition) is 2. The molecule has 1 nitrogen and oxygen atoms in total. The van der Waals surface area contributed by atoms with E-state index in [2.05, 4.69) is 32.2 Å². The zero-order chi connectivity index (χ0) is 10.8. The van der Waals surface area contributed by atoms with E-state index in [1.807, 2.05) is 11.3 Å². The molecule has 1 atom stereocenters. The van der Waals surface area contributed by atoms with Gasteiger partial charge in [0.15, 0.2) is 0 Å². The first-order valence-electron chi connectivity index (χ1n) is 5.94. The number of thiophene rings is 1. The second kappa shape index (κ2) is 4.67. The van der Waals surface area contributed by atoms with Crippen LogP contribution >= 0.6 is 11.3 Å². The minimum atomic E-state index is 0.681. The van der Waals surface area contributed by atoms with E-state index in [-0.39, 0.29) is 0 Å². The summed E-state index contributed by atoms with van der Waals surface area (Å²) in [5, 5.41) is 3.62. The zero-order valence-corrected chi connectivity index (χ0v) is 10.8. The molecule has 1 unspecified atom stereocenters. The maximum atomic E-state index is 3.62. The van der Waals surface area contributed by atoms with Crippen molar-refractivity contribution in [2.75, 3.05) is 0 Å². The van der Waals surface area contributed by atoms with Gasteiger partial charge in [-0.1, -0.05) is 12.8 Å². The molecule has 0 spiro atoms. The Morgan fingerprint density at radius 1 is 1.47 bits per heavy atom. The predicted octanol–water partition coefficient (Wildman–Crippen LogP) is 3.64. The monoisotopic (exact) mass is 223 g/mol. The second-order valence-electron chi connectivity index (χ2n) is 4.91. The molecule has 0 radical (unpaired) electrons. The van der Waals surface area contributed by atoms with E-state index < -0.39 is 0 Å². The van der Waals surface area contributed by atoms with Gasteiger partial charge in [0.2, 0.25) is 0 Å². The lowest BCUT2D eigenvalue weighted by Crippen LogP contribution is -2.25. The zero-order valence-electron chi connectivity index (χ0n) is 9.97. The van der Waals surface area contributed by atoms with Gasteiger partial charge in [0.05, 0.1) is 0 Å². The molecular weight excluding hydrogens is 202 g/mol. The summed E-state index contributed by atoms with van der Waals surface area (Å²) in [5.41, 5.74) is 1.44. The van der Waals surface area contributed by atoms with Crippen molar-refractivity contribution in [3.8, 4) is 0 Å². The molecule has 1 aliphatic carbocycles. The van der Waals surface area contributed by atoms with Crippen LogP contribution in [0.5, 0.6) is 0 Å². The second-order valence-corrected chi connectivity index (χ2v) is 6.25. The average Bonchev–Trinajstić information content (AvgIpc) is 2.92. The first kappa shape index (κ1) is 11.2. The fraction of sp³-hybridized carbons (Fsp3) is 0.692. The topological polar surface area (TPSA) is 12.0 Å². The van der Waals surface area contributed by atoms with Gasteiger partial charge in [0.1, 0.15) is 0 Å². The number of aryl methyl sites for hydroxylation is 2. The normalized spacial score (nSPS) is 18.1. The van der Waals surface area contributed by atoms with Gasteiger partial charge in [-0.25, -0.2) is 0 Å². The van der Waals surface area contributed by atoms with E-state index >= 15 is 0 Å². The Balaban J connectivity index is 1.76. The van der Waals surface area contributed by atoms with Gasteiger partial charge < -0.3 is 5.32 Å². The predicted molar refractivity (Wildman–Crippen MR) is 67.4 cm³/mol. The van der Waals surface area contributed by atoms with Gasteiger partial charge in [-0.2, -0.15) is 0 Å². The lowest BCUT2D eigenvalue weighted by molar-refractivity contribution is 0.489. The first-order valence-corrected chi connectivity index (χ1v) is 6.76. The van der Waals surface area contributed by atoms with Crippen LogP contribution in [-0.4, -0.2) is 6.04 Å². The van der Waals surface area contributed by atoms with Crippen LogP contribution in [0, 0.1) is 19.8 Å². The molecule has 1 aromatic rings. The van der Waals surface area contributed by atoms with E-state index in [4.69, 9.17) is 0 Å². The average molecular weight is 223 g/mol. The molecule has 0 amide bonds. The highest BCUT2D eigenvalue weighted by atomic mass is 32.1. The fourth-order valence-electron chi connectivity index (χ4n) is 1.95. The van der Waals surface area contributed by atoms with Gasteiger partial charge >= 0.3 is 0 Å². The Bertz CT molecular complexity index is 306. The molecule has 0 bridgehead atoms. The third kappa shape index (κ3) is 3.32. The van der Waals surface area contributed by atoms with E-state index in [0.29, 0.717) is 6.04 Å². The minimum absolute atomic E-state index is 0.681. The van der Waals surface area contributed by atoms with E-state index in [0.717, 1.165) is 12.5 Å². The number of rotatable bonds is 5. The van der Waals surface area contributed by atoms with Crippen LogP contribution in [0.2, 0.25) is 0 Å². The fourth-order valence-corrected chi connectivity index (χ4v) is 2.95. The van der Waals surface area contributed by atoms with Crippen molar-refractivity contribution in [3.05, 3.63) is 21.4 Å². The van der Waals surface area contributed by atoms with Crippen molar-refractivity contribution in [1.29, 1.82) is 0 Å². The van der Waals surface area contributed by atoms with Crippen molar-refractivity contribution in [2.45, 2.75) is 52.6 Å². The molecule has 15 heavy (non-hydrogen) atoms. The highest BCUT2D eigenvalue weighted by Crippen LogP contribution is 2.33. The molecule has 84 valence electrons. The molecule has 0 aromatic carbocycles. The van der Waals surface area contributed by atoms with E-state index in [1.165, 1.54) is 34.6 Å². The highest BCUT2D eigenvalue weighted by Gasteiger charge is 2.23. The van der Waals surface area contributed by atoms with Gasteiger partial charge in [-0.15, -0.1) is 11.3 Å². The van der Waals surface area contributed by atoms with Crippen molar-refractivity contribution < 1.29 is 0 Å². The van der Waals surface area contributed by atoms with Crippen LogP contribution in [0.15, 0.2) is 6.07 Å². The van der Waals surface area contributed by atoms with Crippen LogP contribution in [0.1, 0.15) is 41.5 Å². The number of nitrogens with one attached hydrogen (secondary N) is 1. The summed E-state index contributed by atoms with van der Waals surface area (Å²) in [6, 6.07) is 3.00. The molecule has 2 heteroatoms. The van der Waals surface area contributed by atoms with Gasteiger partial charge in [0.25, 0.3) is 0 Å². The van der Waals surface area contributed by atoms with Crippen molar-refractivity contribution >= 4 is 11.3 Å². The van der Waals surface area contributed by atoms with Crippen molar-refractivity contribution in [2.24, 2.45) is 5.92 Å². The number of hydrogen-bond donors (Lipinski definition) is 1. The summed E-state index contributed by atoms with van der Waals surface area (Å²) < 4.78 is 0. The molecule has 1 saturated carbocycles. The van der Waals surface area contributed by atoms with Crippen LogP contribution < -0.4 is 5.32 Å². The summed E-state index contributed by atoms with van der Waals surface area (Å²) >= 11 is 1.93. The van der Waals surface area contributed by atoms with Crippen LogP contribution in [-0.2, 0) is 6.54 Å². The molecule has 1 fully saturated rings. The molecule has 0 aliphatic heterocycles. The highest BCUT2D eigenvalue weighted by molar-refractivity contribution is 7.12. The lowest BCUT2D eigenvalue weighted by atomic mass is 10.1. The molecular formula is C13H21NS. The van der Waals surface area contributed by atoms with Gasteiger partial charge in [-0.3, -0.25) is 0 Å². The maximum Gasteiger partial charge on any atom is 0.0302 e. The smallest absolute Gasteiger partial charge is 0.0302 e. The van der Waals surface area contributed by atoms with Crippen LogP contribution in [0.3, 0.4) is 0 Å².